The van der Waals surface area contributed by atoms with Crippen LogP contribution in [0.4, 0.5) is 5.69 Å². The number of thioether (sulfide) groups is 1. The number of pyridine rings is 1. The van der Waals surface area contributed by atoms with Crippen molar-refractivity contribution in [3.63, 3.8) is 0 Å². The van der Waals surface area contributed by atoms with Crippen molar-refractivity contribution in [1.82, 2.24) is 4.98 Å². The Bertz CT molecular complexity index is 635. The molecular weight excluding hydrogens is 262 g/mol. The number of nitrogens with zero attached hydrogens (tertiary/aromatic N) is 3. The Labute approximate surface area is 114 Å². The van der Waals surface area contributed by atoms with Gasteiger partial charge >= 0.3 is 0 Å². The maximum absolute atomic E-state index is 10.5. The van der Waals surface area contributed by atoms with E-state index in [4.69, 9.17) is 5.26 Å². The highest BCUT2D eigenvalue weighted by molar-refractivity contribution is 7.98. The van der Waals surface area contributed by atoms with Gasteiger partial charge in [0, 0.05) is 29.0 Å². The van der Waals surface area contributed by atoms with E-state index in [1.165, 1.54) is 12.1 Å². The third-order valence-corrected chi connectivity index (χ3v) is 3.46. The van der Waals surface area contributed by atoms with Gasteiger partial charge < -0.3 is 0 Å². The molecule has 2 aromatic rings. The molecule has 0 spiro atoms. The lowest BCUT2D eigenvalue weighted by atomic mass is 10.2. The quantitative estimate of drug-likeness (QED) is 0.484. The molecule has 0 bridgehead atoms. The van der Waals surface area contributed by atoms with Crippen LogP contribution in [0.15, 0.2) is 47.5 Å². The van der Waals surface area contributed by atoms with Crippen LogP contribution in [0.1, 0.15) is 11.3 Å². The van der Waals surface area contributed by atoms with E-state index < -0.39 is 4.92 Å². The van der Waals surface area contributed by atoms with Gasteiger partial charge in [0.05, 0.1) is 4.92 Å². The van der Waals surface area contributed by atoms with Crippen LogP contribution in [-0.4, -0.2) is 9.91 Å². The van der Waals surface area contributed by atoms with Gasteiger partial charge in [-0.1, -0.05) is 12.1 Å². The average molecular weight is 271 g/mol. The Balaban J connectivity index is 2.02. The Hall–Kier alpha value is -2.39. The molecule has 0 atom stereocenters. The molecule has 0 aliphatic rings. The molecule has 1 heterocycles. The summed E-state index contributed by atoms with van der Waals surface area (Å²) in [7, 11) is 0. The number of nitro groups is 1. The molecule has 2 rings (SSSR count). The van der Waals surface area contributed by atoms with Crippen molar-refractivity contribution in [2.24, 2.45) is 0 Å². The predicted molar refractivity (Wildman–Crippen MR) is 71.6 cm³/mol. The third-order valence-electron chi connectivity index (χ3n) is 2.40. The van der Waals surface area contributed by atoms with Crippen LogP contribution >= 0.6 is 11.8 Å². The van der Waals surface area contributed by atoms with Gasteiger partial charge in [-0.05, 0) is 17.7 Å². The first kappa shape index (κ1) is 13.1. The number of nitro benzene ring substituents is 1. The van der Waals surface area contributed by atoms with E-state index in [2.05, 4.69) is 4.98 Å². The zero-order valence-electron chi connectivity index (χ0n) is 9.81. The monoisotopic (exact) mass is 271 g/mol. The van der Waals surface area contributed by atoms with Gasteiger partial charge in [-0.2, -0.15) is 5.26 Å². The Morgan fingerprint density at radius 1 is 1.32 bits per heavy atom. The average Bonchev–Trinajstić information content (AvgIpc) is 2.46. The molecule has 94 valence electrons. The molecule has 1 aromatic carbocycles. The number of nitriles is 1. The Morgan fingerprint density at radius 2 is 2.05 bits per heavy atom. The normalized spacial score (nSPS) is 9.84. The van der Waals surface area contributed by atoms with Crippen LogP contribution in [-0.2, 0) is 5.75 Å². The van der Waals surface area contributed by atoms with Crippen molar-refractivity contribution < 1.29 is 4.92 Å². The van der Waals surface area contributed by atoms with Gasteiger partial charge in [0.1, 0.15) is 11.8 Å². The SMILES string of the molecule is N#Cc1cc(SCc2ccc([N+](=O)[O-])cc2)ccn1. The summed E-state index contributed by atoms with van der Waals surface area (Å²) in [4.78, 5) is 15.0. The molecule has 6 heteroatoms. The van der Waals surface area contributed by atoms with Crippen LogP contribution in [0.25, 0.3) is 0 Å². The highest BCUT2D eigenvalue weighted by atomic mass is 32.2. The van der Waals surface area contributed by atoms with E-state index in [1.807, 2.05) is 12.1 Å². The smallest absolute Gasteiger partial charge is 0.258 e. The maximum atomic E-state index is 10.5. The first-order valence-corrected chi connectivity index (χ1v) is 6.40. The number of hydrogen-bond donors (Lipinski definition) is 0. The molecule has 0 radical (unpaired) electrons. The zero-order valence-corrected chi connectivity index (χ0v) is 10.6. The van der Waals surface area contributed by atoms with E-state index in [9.17, 15) is 10.1 Å². The second-order valence-electron chi connectivity index (χ2n) is 3.70. The molecule has 0 unspecified atom stereocenters. The minimum atomic E-state index is -0.418. The molecule has 0 saturated heterocycles. The Morgan fingerprint density at radius 3 is 2.68 bits per heavy atom. The molecule has 0 amide bonds. The topological polar surface area (TPSA) is 79.8 Å². The summed E-state index contributed by atoms with van der Waals surface area (Å²) in [6, 6.07) is 12.0. The van der Waals surface area contributed by atoms with Crippen LogP contribution in [0.3, 0.4) is 0 Å². The predicted octanol–water partition coefficient (Wildman–Crippen LogP) is 3.15. The van der Waals surface area contributed by atoms with Crippen molar-refractivity contribution >= 4 is 17.4 Å². The second-order valence-corrected chi connectivity index (χ2v) is 4.75. The largest absolute Gasteiger partial charge is 0.269 e. The van der Waals surface area contributed by atoms with Gasteiger partial charge in [0.15, 0.2) is 0 Å². The number of non-ortho nitro benzene ring substituents is 1. The van der Waals surface area contributed by atoms with Gasteiger partial charge in [0.25, 0.3) is 5.69 Å². The minimum Gasteiger partial charge on any atom is -0.258 e. The number of aromatic nitrogens is 1. The van der Waals surface area contributed by atoms with Crippen LogP contribution < -0.4 is 0 Å². The summed E-state index contributed by atoms with van der Waals surface area (Å²) in [5.41, 5.74) is 1.46. The lowest BCUT2D eigenvalue weighted by Gasteiger charge is -2.02. The fraction of sp³-hybridized carbons (Fsp3) is 0.0769. The van der Waals surface area contributed by atoms with Crippen molar-refractivity contribution in [3.8, 4) is 6.07 Å². The van der Waals surface area contributed by atoms with Crippen molar-refractivity contribution in [1.29, 1.82) is 5.26 Å². The molecule has 0 saturated carbocycles. The standard InChI is InChI=1S/C13H9N3O2S/c14-8-11-7-13(5-6-15-11)19-9-10-1-3-12(4-2-10)16(17)18/h1-7H,9H2. The summed E-state index contributed by atoms with van der Waals surface area (Å²) in [6.45, 7) is 0. The first-order valence-electron chi connectivity index (χ1n) is 5.41. The molecule has 0 fully saturated rings. The van der Waals surface area contributed by atoms with Crippen molar-refractivity contribution in [2.45, 2.75) is 10.6 Å². The molecule has 1 aromatic heterocycles. The number of hydrogen-bond acceptors (Lipinski definition) is 5. The summed E-state index contributed by atoms with van der Waals surface area (Å²) in [5.74, 6) is 0.687. The van der Waals surface area contributed by atoms with E-state index in [1.54, 1.807) is 36.2 Å². The molecule has 5 nitrogen and oxygen atoms in total. The highest BCUT2D eigenvalue weighted by Gasteiger charge is 2.04. The van der Waals surface area contributed by atoms with Crippen LogP contribution in [0.2, 0.25) is 0 Å². The van der Waals surface area contributed by atoms with E-state index >= 15 is 0 Å². The van der Waals surface area contributed by atoms with E-state index in [-0.39, 0.29) is 5.69 Å². The number of benzene rings is 1. The van der Waals surface area contributed by atoms with Crippen molar-refractivity contribution in [3.05, 3.63) is 64.0 Å². The second kappa shape index (κ2) is 5.98. The first-order chi connectivity index (χ1) is 9.19. The third kappa shape index (κ3) is 3.53. The number of rotatable bonds is 4. The van der Waals surface area contributed by atoms with Gasteiger partial charge in [-0.15, -0.1) is 11.8 Å². The lowest BCUT2D eigenvalue weighted by molar-refractivity contribution is -0.384. The highest BCUT2D eigenvalue weighted by Crippen LogP contribution is 2.23. The van der Waals surface area contributed by atoms with Gasteiger partial charge in [-0.25, -0.2) is 4.98 Å². The molecule has 19 heavy (non-hydrogen) atoms. The summed E-state index contributed by atoms with van der Waals surface area (Å²) >= 11 is 1.56. The van der Waals surface area contributed by atoms with Gasteiger partial charge in [-0.3, -0.25) is 10.1 Å². The lowest BCUT2D eigenvalue weighted by Crippen LogP contribution is -1.88. The Kier molecular flexibility index (Phi) is 4.11. The van der Waals surface area contributed by atoms with E-state index in [0.717, 1.165) is 10.5 Å². The molecule has 0 N–H and O–H groups in total. The minimum absolute atomic E-state index is 0.0874. The zero-order chi connectivity index (χ0) is 13.7. The van der Waals surface area contributed by atoms with Crippen LogP contribution in [0.5, 0.6) is 0 Å². The van der Waals surface area contributed by atoms with Gasteiger partial charge in [0.2, 0.25) is 0 Å². The van der Waals surface area contributed by atoms with Crippen molar-refractivity contribution in [2.75, 3.05) is 0 Å². The van der Waals surface area contributed by atoms with E-state index in [0.29, 0.717) is 11.4 Å². The fourth-order valence-corrected chi connectivity index (χ4v) is 2.32. The summed E-state index contributed by atoms with van der Waals surface area (Å²) < 4.78 is 0. The molecule has 0 aliphatic carbocycles. The summed E-state index contributed by atoms with van der Waals surface area (Å²) in [5, 5.41) is 19.3. The summed E-state index contributed by atoms with van der Waals surface area (Å²) in [6.07, 6.45) is 1.59. The fourth-order valence-electron chi connectivity index (χ4n) is 1.44. The van der Waals surface area contributed by atoms with Crippen LogP contribution in [0, 0.1) is 21.4 Å². The molecule has 0 aliphatic heterocycles. The maximum Gasteiger partial charge on any atom is 0.269 e. The molecular formula is C13H9N3O2S.